The van der Waals surface area contributed by atoms with Crippen LogP contribution in [0.5, 0.6) is 5.75 Å². The molecule has 0 aliphatic heterocycles. The Kier molecular flexibility index (Phi) is 5.67. The summed E-state index contributed by atoms with van der Waals surface area (Å²) >= 11 is 0. The van der Waals surface area contributed by atoms with E-state index in [1.54, 1.807) is 18.7 Å². The lowest BCUT2D eigenvalue weighted by atomic mass is 10.1. The minimum Gasteiger partial charge on any atom is -0.484 e. The van der Waals surface area contributed by atoms with Gasteiger partial charge in [0.25, 0.3) is 5.91 Å². The Balaban J connectivity index is 1.25. The molecule has 0 fully saturated rings. The van der Waals surface area contributed by atoms with Crippen LogP contribution in [0.3, 0.4) is 0 Å². The zero-order chi connectivity index (χ0) is 19.9. The van der Waals surface area contributed by atoms with Gasteiger partial charge in [0.15, 0.2) is 6.61 Å². The fourth-order valence-electron chi connectivity index (χ4n) is 2.88. The highest BCUT2D eigenvalue weighted by Crippen LogP contribution is 2.22. The molecule has 2 aromatic carbocycles. The Hall–Kier alpha value is -3.86. The van der Waals surface area contributed by atoms with Gasteiger partial charge in [0.2, 0.25) is 0 Å². The molecular formula is C24H20N2O3. The molecule has 2 aromatic heterocycles. The number of nitrogens with zero attached hydrogens (tertiary/aromatic N) is 1. The van der Waals surface area contributed by atoms with Crippen LogP contribution in [0, 0.1) is 0 Å². The van der Waals surface area contributed by atoms with Gasteiger partial charge in [-0.2, -0.15) is 0 Å². The first-order valence-electron chi connectivity index (χ1n) is 9.30. The molecule has 144 valence electrons. The van der Waals surface area contributed by atoms with Crippen molar-refractivity contribution in [1.82, 2.24) is 10.3 Å². The standard InChI is InChI=1S/C24H20N2O3/c27-24(26-15-18-6-11-23(25-14-18)21-12-13-28-16-21)17-29-22-9-7-20(8-10-22)19-4-2-1-3-5-19/h1-14,16H,15,17H2,(H,26,27). The number of amides is 1. The van der Waals surface area contributed by atoms with Crippen molar-refractivity contribution in [2.75, 3.05) is 6.61 Å². The molecule has 0 atom stereocenters. The first kappa shape index (κ1) is 18.5. The number of rotatable bonds is 7. The maximum Gasteiger partial charge on any atom is 0.258 e. The number of aromatic nitrogens is 1. The summed E-state index contributed by atoms with van der Waals surface area (Å²) in [5.41, 5.74) is 4.92. The van der Waals surface area contributed by atoms with Crippen LogP contribution < -0.4 is 10.1 Å². The second-order valence-corrected chi connectivity index (χ2v) is 6.52. The Morgan fingerprint density at radius 3 is 2.38 bits per heavy atom. The van der Waals surface area contributed by atoms with Crippen LogP contribution in [0.2, 0.25) is 0 Å². The summed E-state index contributed by atoms with van der Waals surface area (Å²) in [6, 6.07) is 23.5. The zero-order valence-corrected chi connectivity index (χ0v) is 15.7. The van der Waals surface area contributed by atoms with E-state index in [9.17, 15) is 4.79 Å². The summed E-state index contributed by atoms with van der Waals surface area (Å²) < 4.78 is 10.6. The van der Waals surface area contributed by atoms with Crippen LogP contribution in [-0.4, -0.2) is 17.5 Å². The van der Waals surface area contributed by atoms with Crippen molar-refractivity contribution in [3.8, 4) is 28.1 Å². The van der Waals surface area contributed by atoms with Gasteiger partial charge in [-0.05, 0) is 41.0 Å². The van der Waals surface area contributed by atoms with Gasteiger partial charge < -0.3 is 14.5 Å². The molecule has 5 heteroatoms. The fourth-order valence-corrected chi connectivity index (χ4v) is 2.88. The third-order valence-electron chi connectivity index (χ3n) is 4.46. The smallest absolute Gasteiger partial charge is 0.258 e. The van der Waals surface area contributed by atoms with Crippen molar-refractivity contribution in [2.45, 2.75) is 6.54 Å². The van der Waals surface area contributed by atoms with Crippen LogP contribution in [0.25, 0.3) is 22.4 Å². The number of hydrogen-bond acceptors (Lipinski definition) is 4. The first-order valence-corrected chi connectivity index (χ1v) is 9.30. The predicted molar refractivity (Wildman–Crippen MR) is 111 cm³/mol. The van der Waals surface area contributed by atoms with E-state index in [2.05, 4.69) is 22.4 Å². The summed E-state index contributed by atoms with van der Waals surface area (Å²) in [5.74, 6) is 0.474. The molecule has 1 N–H and O–H groups in total. The lowest BCUT2D eigenvalue weighted by Gasteiger charge is -2.09. The molecule has 0 unspecified atom stereocenters. The third-order valence-corrected chi connectivity index (χ3v) is 4.46. The van der Waals surface area contributed by atoms with Crippen LogP contribution >= 0.6 is 0 Å². The topological polar surface area (TPSA) is 64.4 Å². The van der Waals surface area contributed by atoms with Crippen molar-refractivity contribution in [2.24, 2.45) is 0 Å². The Bertz CT molecular complexity index is 1040. The highest BCUT2D eigenvalue weighted by Gasteiger charge is 2.05. The van der Waals surface area contributed by atoms with E-state index < -0.39 is 0 Å². The normalized spacial score (nSPS) is 10.5. The molecule has 0 spiro atoms. The quantitative estimate of drug-likeness (QED) is 0.501. The number of carbonyl (C=O) groups excluding carboxylic acids is 1. The van der Waals surface area contributed by atoms with Crippen LogP contribution in [0.4, 0.5) is 0 Å². The van der Waals surface area contributed by atoms with Gasteiger partial charge in [0.05, 0.1) is 18.2 Å². The van der Waals surface area contributed by atoms with Gasteiger partial charge in [0.1, 0.15) is 5.75 Å². The number of nitrogens with one attached hydrogen (secondary N) is 1. The third kappa shape index (κ3) is 4.90. The number of carbonyl (C=O) groups is 1. The molecule has 0 saturated carbocycles. The molecule has 5 nitrogen and oxygen atoms in total. The van der Waals surface area contributed by atoms with Crippen molar-refractivity contribution in [3.05, 3.63) is 97.1 Å². The lowest BCUT2D eigenvalue weighted by Crippen LogP contribution is -2.28. The maximum atomic E-state index is 12.1. The molecular weight excluding hydrogens is 364 g/mol. The van der Waals surface area contributed by atoms with Gasteiger partial charge in [-0.25, -0.2) is 0 Å². The summed E-state index contributed by atoms with van der Waals surface area (Å²) in [5, 5.41) is 2.84. The fraction of sp³-hybridized carbons (Fsp3) is 0.0833. The highest BCUT2D eigenvalue weighted by molar-refractivity contribution is 5.77. The molecule has 29 heavy (non-hydrogen) atoms. The van der Waals surface area contributed by atoms with Crippen molar-refractivity contribution < 1.29 is 13.9 Å². The molecule has 2 heterocycles. The van der Waals surface area contributed by atoms with E-state index in [1.165, 1.54) is 0 Å². The number of hydrogen-bond donors (Lipinski definition) is 1. The molecule has 4 rings (SSSR count). The van der Waals surface area contributed by atoms with Crippen LogP contribution in [-0.2, 0) is 11.3 Å². The average Bonchev–Trinajstić information content (AvgIpc) is 3.33. The highest BCUT2D eigenvalue weighted by atomic mass is 16.5. The molecule has 0 radical (unpaired) electrons. The zero-order valence-electron chi connectivity index (χ0n) is 15.7. The second kappa shape index (κ2) is 8.89. The van der Waals surface area contributed by atoms with Crippen LogP contribution in [0.1, 0.15) is 5.56 Å². The minimum atomic E-state index is -0.184. The molecule has 0 aliphatic carbocycles. The largest absolute Gasteiger partial charge is 0.484 e. The summed E-state index contributed by atoms with van der Waals surface area (Å²) in [4.78, 5) is 16.4. The molecule has 0 aliphatic rings. The Morgan fingerprint density at radius 1 is 0.897 bits per heavy atom. The molecule has 1 amide bonds. The van der Waals surface area contributed by atoms with E-state index >= 15 is 0 Å². The minimum absolute atomic E-state index is 0.0365. The number of benzene rings is 2. The second-order valence-electron chi connectivity index (χ2n) is 6.52. The first-order chi connectivity index (χ1) is 14.3. The SMILES string of the molecule is O=C(COc1ccc(-c2ccccc2)cc1)NCc1ccc(-c2ccoc2)nc1. The predicted octanol–water partition coefficient (Wildman–Crippen LogP) is 4.70. The summed E-state index contributed by atoms with van der Waals surface area (Å²) in [6.07, 6.45) is 5.00. The molecule has 4 aromatic rings. The van der Waals surface area contributed by atoms with E-state index in [1.807, 2.05) is 60.7 Å². The average molecular weight is 384 g/mol. The lowest BCUT2D eigenvalue weighted by molar-refractivity contribution is -0.123. The monoisotopic (exact) mass is 384 g/mol. The Labute approximate surface area is 169 Å². The summed E-state index contributed by atoms with van der Waals surface area (Å²) in [6.45, 7) is 0.360. The van der Waals surface area contributed by atoms with E-state index in [-0.39, 0.29) is 12.5 Å². The van der Waals surface area contributed by atoms with Gasteiger partial charge in [-0.1, -0.05) is 48.5 Å². The maximum absolute atomic E-state index is 12.1. The van der Waals surface area contributed by atoms with Gasteiger partial charge in [-0.15, -0.1) is 0 Å². The number of pyridine rings is 1. The number of furan rings is 1. The van der Waals surface area contributed by atoms with Gasteiger partial charge in [0, 0.05) is 18.3 Å². The van der Waals surface area contributed by atoms with Gasteiger partial charge in [-0.3, -0.25) is 9.78 Å². The molecule has 0 saturated heterocycles. The van der Waals surface area contributed by atoms with Crippen molar-refractivity contribution in [1.29, 1.82) is 0 Å². The molecule has 0 bridgehead atoms. The summed E-state index contributed by atoms with van der Waals surface area (Å²) in [7, 11) is 0. The Morgan fingerprint density at radius 2 is 1.69 bits per heavy atom. The van der Waals surface area contributed by atoms with E-state index in [0.29, 0.717) is 12.3 Å². The van der Waals surface area contributed by atoms with Crippen molar-refractivity contribution in [3.63, 3.8) is 0 Å². The van der Waals surface area contributed by atoms with Crippen molar-refractivity contribution >= 4 is 5.91 Å². The van der Waals surface area contributed by atoms with Gasteiger partial charge >= 0.3 is 0 Å². The van der Waals surface area contributed by atoms with E-state index in [0.717, 1.165) is 27.9 Å². The van der Waals surface area contributed by atoms with Crippen LogP contribution in [0.15, 0.2) is 95.9 Å². The number of ether oxygens (including phenoxy) is 1. The van der Waals surface area contributed by atoms with E-state index in [4.69, 9.17) is 9.15 Å².